The molecule has 0 aromatic heterocycles. The summed E-state index contributed by atoms with van der Waals surface area (Å²) in [6.45, 7) is 13.2. The Kier molecular flexibility index (Phi) is 6.40. The van der Waals surface area contributed by atoms with Gasteiger partial charge in [-0.25, -0.2) is 0 Å². The maximum absolute atomic E-state index is 13.0. The molecule has 150 valence electrons. The van der Waals surface area contributed by atoms with Gasteiger partial charge in [-0.2, -0.15) is 0 Å². The topological polar surface area (TPSA) is 35.6 Å². The van der Waals surface area contributed by atoms with Crippen LogP contribution in [0.3, 0.4) is 0 Å². The van der Waals surface area contributed by atoms with Gasteiger partial charge in [-0.15, -0.1) is 0 Å². The van der Waals surface area contributed by atoms with E-state index >= 15 is 0 Å². The molecule has 2 aromatic rings. The minimum Gasteiger partial charge on any atom is -0.376 e. The zero-order valence-corrected chi connectivity index (χ0v) is 17.8. The molecule has 0 saturated heterocycles. The fourth-order valence-corrected chi connectivity index (χ4v) is 3.90. The Morgan fingerprint density at radius 1 is 1.00 bits per heavy atom. The Morgan fingerprint density at radius 2 is 1.71 bits per heavy atom. The second kappa shape index (κ2) is 8.78. The van der Waals surface area contributed by atoms with Gasteiger partial charge in [-0.3, -0.25) is 9.69 Å². The first-order chi connectivity index (χ1) is 13.4. The van der Waals surface area contributed by atoms with E-state index in [-0.39, 0.29) is 11.9 Å². The van der Waals surface area contributed by atoms with E-state index in [2.05, 4.69) is 63.0 Å². The Labute approximate surface area is 169 Å². The van der Waals surface area contributed by atoms with Crippen LogP contribution < -0.4 is 10.2 Å². The lowest BCUT2D eigenvalue weighted by molar-refractivity contribution is -0.117. The van der Waals surface area contributed by atoms with E-state index in [0.717, 1.165) is 24.5 Å². The van der Waals surface area contributed by atoms with Crippen molar-refractivity contribution in [3.63, 3.8) is 0 Å². The standard InChI is InChI=1S/C24H33N3O/c1-17(2)19(5)26-15-20-10-9-13-23(22(20)16-26)25-14-24(28)27(18(3)4)21-11-7-6-8-12-21/h6-13,17-19,25H,14-16H2,1-5H3. The van der Waals surface area contributed by atoms with Crippen molar-refractivity contribution in [1.82, 2.24) is 4.90 Å². The first-order valence-electron chi connectivity index (χ1n) is 10.3. The van der Waals surface area contributed by atoms with Gasteiger partial charge in [0.05, 0.1) is 6.54 Å². The summed E-state index contributed by atoms with van der Waals surface area (Å²) in [6, 6.07) is 16.9. The average Bonchev–Trinajstić information content (AvgIpc) is 3.11. The molecule has 28 heavy (non-hydrogen) atoms. The van der Waals surface area contributed by atoms with Crippen LogP contribution in [0.5, 0.6) is 0 Å². The normalized spacial score (nSPS) is 15.0. The number of carbonyl (C=O) groups excluding carboxylic acids is 1. The molecule has 1 aliphatic heterocycles. The molecule has 1 N–H and O–H groups in total. The highest BCUT2D eigenvalue weighted by Crippen LogP contribution is 2.32. The number of nitrogens with one attached hydrogen (secondary N) is 1. The molecule has 0 bridgehead atoms. The highest BCUT2D eigenvalue weighted by atomic mass is 16.2. The molecule has 1 heterocycles. The van der Waals surface area contributed by atoms with Crippen LogP contribution in [0.4, 0.5) is 11.4 Å². The van der Waals surface area contributed by atoms with Crippen molar-refractivity contribution in [1.29, 1.82) is 0 Å². The van der Waals surface area contributed by atoms with Gasteiger partial charge in [-0.05, 0) is 56.0 Å². The zero-order chi connectivity index (χ0) is 20.3. The molecule has 4 nitrogen and oxygen atoms in total. The van der Waals surface area contributed by atoms with E-state index in [1.165, 1.54) is 11.1 Å². The summed E-state index contributed by atoms with van der Waals surface area (Å²) in [7, 11) is 0. The number of benzene rings is 2. The molecule has 2 aromatic carbocycles. The van der Waals surface area contributed by atoms with Crippen molar-refractivity contribution in [2.75, 3.05) is 16.8 Å². The van der Waals surface area contributed by atoms with Crippen molar-refractivity contribution in [3.8, 4) is 0 Å². The van der Waals surface area contributed by atoms with E-state index in [9.17, 15) is 4.79 Å². The number of hydrogen-bond acceptors (Lipinski definition) is 3. The smallest absolute Gasteiger partial charge is 0.246 e. The van der Waals surface area contributed by atoms with Crippen LogP contribution in [0.1, 0.15) is 45.7 Å². The number of carbonyl (C=O) groups is 1. The predicted octanol–water partition coefficient (Wildman–Crippen LogP) is 4.90. The van der Waals surface area contributed by atoms with Crippen molar-refractivity contribution in [2.45, 2.75) is 59.8 Å². The largest absolute Gasteiger partial charge is 0.376 e. The number of anilines is 2. The molecule has 1 unspecified atom stereocenters. The van der Waals surface area contributed by atoms with Gasteiger partial charge in [-0.1, -0.05) is 44.2 Å². The van der Waals surface area contributed by atoms with Gasteiger partial charge in [0.1, 0.15) is 0 Å². The third kappa shape index (κ3) is 4.39. The quantitative estimate of drug-likeness (QED) is 0.743. The molecule has 0 radical (unpaired) electrons. The molecular weight excluding hydrogens is 346 g/mol. The number of hydrogen-bond donors (Lipinski definition) is 1. The zero-order valence-electron chi connectivity index (χ0n) is 17.8. The van der Waals surface area contributed by atoms with Crippen molar-refractivity contribution in [2.24, 2.45) is 5.92 Å². The Balaban J connectivity index is 1.71. The molecule has 3 rings (SSSR count). The summed E-state index contributed by atoms with van der Waals surface area (Å²) in [4.78, 5) is 17.4. The molecule has 1 aliphatic rings. The fourth-order valence-electron chi connectivity index (χ4n) is 3.90. The van der Waals surface area contributed by atoms with Crippen molar-refractivity contribution in [3.05, 3.63) is 59.7 Å². The van der Waals surface area contributed by atoms with Gasteiger partial charge in [0.15, 0.2) is 0 Å². The van der Waals surface area contributed by atoms with E-state index in [1.54, 1.807) is 0 Å². The summed E-state index contributed by atoms with van der Waals surface area (Å²) in [5.74, 6) is 0.710. The second-order valence-corrected chi connectivity index (χ2v) is 8.38. The minimum absolute atomic E-state index is 0.0872. The maximum atomic E-state index is 13.0. The highest BCUT2D eigenvalue weighted by molar-refractivity contribution is 5.96. The van der Waals surface area contributed by atoms with E-state index in [0.29, 0.717) is 18.5 Å². The summed E-state index contributed by atoms with van der Waals surface area (Å²) in [5, 5.41) is 3.42. The molecule has 0 saturated carbocycles. The Hall–Kier alpha value is -2.33. The molecule has 0 aliphatic carbocycles. The predicted molar refractivity (Wildman–Crippen MR) is 118 cm³/mol. The molecule has 0 fully saturated rings. The SMILES string of the molecule is CC(C)C(C)N1Cc2cccc(NCC(=O)N(c3ccccc3)C(C)C)c2C1. The van der Waals surface area contributed by atoms with Gasteiger partial charge >= 0.3 is 0 Å². The summed E-state index contributed by atoms with van der Waals surface area (Å²) in [5.41, 5.74) is 4.73. The molecule has 4 heteroatoms. The average molecular weight is 380 g/mol. The number of fused-ring (bicyclic) bond motifs is 1. The van der Waals surface area contributed by atoms with Crippen LogP contribution in [0.15, 0.2) is 48.5 Å². The van der Waals surface area contributed by atoms with E-state index in [1.807, 2.05) is 35.2 Å². The van der Waals surface area contributed by atoms with Gasteiger partial charge in [0, 0.05) is 36.5 Å². The highest BCUT2D eigenvalue weighted by Gasteiger charge is 2.27. The molecule has 0 spiro atoms. The van der Waals surface area contributed by atoms with Crippen molar-refractivity contribution >= 4 is 17.3 Å². The van der Waals surface area contributed by atoms with Crippen LogP contribution in [0.2, 0.25) is 0 Å². The first-order valence-corrected chi connectivity index (χ1v) is 10.3. The van der Waals surface area contributed by atoms with Crippen LogP contribution in [0.25, 0.3) is 0 Å². The lowest BCUT2D eigenvalue weighted by atomic mass is 10.1. The van der Waals surface area contributed by atoms with Gasteiger partial charge in [0.25, 0.3) is 0 Å². The number of para-hydroxylation sites is 1. The summed E-state index contributed by atoms with van der Waals surface area (Å²) >= 11 is 0. The third-order valence-electron chi connectivity index (χ3n) is 5.80. The fraction of sp³-hybridized carbons (Fsp3) is 0.458. The first kappa shape index (κ1) is 20.4. The summed E-state index contributed by atoms with van der Waals surface area (Å²) < 4.78 is 0. The minimum atomic E-state index is 0.0872. The Bertz CT molecular complexity index is 801. The van der Waals surface area contributed by atoms with Crippen molar-refractivity contribution < 1.29 is 4.79 Å². The second-order valence-electron chi connectivity index (χ2n) is 8.38. The van der Waals surface area contributed by atoms with E-state index < -0.39 is 0 Å². The molecular formula is C24H33N3O. The van der Waals surface area contributed by atoms with Crippen LogP contribution in [-0.2, 0) is 17.9 Å². The lowest BCUT2D eigenvalue weighted by Gasteiger charge is -2.28. The van der Waals surface area contributed by atoms with Crippen LogP contribution >= 0.6 is 0 Å². The van der Waals surface area contributed by atoms with Gasteiger partial charge < -0.3 is 10.2 Å². The number of rotatable bonds is 7. The number of amides is 1. The van der Waals surface area contributed by atoms with Gasteiger partial charge in [0.2, 0.25) is 5.91 Å². The lowest BCUT2D eigenvalue weighted by Crippen LogP contribution is -2.40. The molecule has 1 atom stereocenters. The van der Waals surface area contributed by atoms with E-state index in [4.69, 9.17) is 0 Å². The van der Waals surface area contributed by atoms with Crippen LogP contribution in [0, 0.1) is 5.92 Å². The monoisotopic (exact) mass is 379 g/mol. The summed E-state index contributed by atoms with van der Waals surface area (Å²) in [6.07, 6.45) is 0. The number of nitrogens with zero attached hydrogens (tertiary/aromatic N) is 2. The van der Waals surface area contributed by atoms with Crippen LogP contribution in [-0.4, -0.2) is 29.4 Å². The Morgan fingerprint density at radius 3 is 2.36 bits per heavy atom. The molecule has 1 amide bonds. The maximum Gasteiger partial charge on any atom is 0.246 e. The third-order valence-corrected chi connectivity index (χ3v) is 5.80.